The molecule has 1 heterocycles. The Morgan fingerprint density at radius 3 is 3.08 bits per heavy atom. The van der Waals surface area contributed by atoms with E-state index in [0.29, 0.717) is 5.02 Å². The zero-order valence-corrected chi connectivity index (χ0v) is 8.69. The van der Waals surface area contributed by atoms with Gasteiger partial charge in [0.25, 0.3) is 0 Å². The molecular weight excluding hydrogens is 262 g/mol. The number of aliphatic hydroxyl groups excluding tert-OH is 1. The molecule has 1 N–H and O–H groups in total. The fourth-order valence-electron chi connectivity index (χ4n) is 1.29. The topological polar surface area (TPSA) is 29.5 Å². The van der Waals surface area contributed by atoms with Gasteiger partial charge in [0.2, 0.25) is 0 Å². The molecule has 1 aromatic carbocycles. The molecule has 0 amide bonds. The van der Waals surface area contributed by atoms with E-state index in [-0.39, 0.29) is 22.4 Å². The lowest BCUT2D eigenvalue weighted by molar-refractivity contribution is 0.138. The fraction of sp³-hybridized carbons (Fsp3) is 0.250. The highest BCUT2D eigenvalue weighted by Crippen LogP contribution is 2.42. The zero-order chi connectivity index (χ0) is 9.59. The van der Waals surface area contributed by atoms with E-state index in [1.54, 1.807) is 0 Å². The minimum atomic E-state index is -0.926. The monoisotopic (exact) mass is 266 g/mol. The summed E-state index contributed by atoms with van der Waals surface area (Å²) in [6.07, 6.45) is -0.926. The lowest BCUT2D eigenvalue weighted by Crippen LogP contribution is -1.99. The van der Waals surface area contributed by atoms with Crippen molar-refractivity contribution in [2.24, 2.45) is 0 Å². The first-order valence-corrected chi connectivity index (χ1v) is 4.76. The second-order valence-electron chi connectivity index (χ2n) is 2.72. The molecule has 2 nitrogen and oxygen atoms in total. The largest absolute Gasteiger partial charge is 0.488 e. The summed E-state index contributed by atoms with van der Waals surface area (Å²) in [7, 11) is 0. The van der Waals surface area contributed by atoms with Crippen LogP contribution >= 0.6 is 27.5 Å². The van der Waals surface area contributed by atoms with E-state index in [0.717, 1.165) is 0 Å². The van der Waals surface area contributed by atoms with Crippen molar-refractivity contribution >= 4 is 27.5 Å². The highest BCUT2D eigenvalue weighted by molar-refractivity contribution is 9.10. The van der Waals surface area contributed by atoms with Crippen LogP contribution in [0.4, 0.5) is 4.39 Å². The maximum absolute atomic E-state index is 13.4. The van der Waals surface area contributed by atoms with Crippen molar-refractivity contribution in [3.63, 3.8) is 0 Å². The quantitative estimate of drug-likeness (QED) is 0.732. The van der Waals surface area contributed by atoms with Gasteiger partial charge in [0, 0.05) is 0 Å². The summed E-state index contributed by atoms with van der Waals surface area (Å²) >= 11 is 8.78. The molecule has 1 aliphatic rings. The van der Waals surface area contributed by atoms with E-state index >= 15 is 0 Å². The molecule has 1 atom stereocenters. The molecule has 0 bridgehead atoms. The maximum atomic E-state index is 13.4. The average molecular weight is 267 g/mol. The van der Waals surface area contributed by atoms with E-state index in [1.165, 1.54) is 6.07 Å². The van der Waals surface area contributed by atoms with Gasteiger partial charge in [0.15, 0.2) is 0 Å². The molecule has 0 fully saturated rings. The molecule has 1 aliphatic heterocycles. The van der Waals surface area contributed by atoms with Gasteiger partial charge < -0.3 is 9.84 Å². The van der Waals surface area contributed by atoms with Crippen LogP contribution in [0.2, 0.25) is 5.02 Å². The number of hydrogen-bond donors (Lipinski definition) is 1. The Bertz CT molecular complexity index is 370. The van der Waals surface area contributed by atoms with Gasteiger partial charge in [-0.25, -0.2) is 4.39 Å². The third-order valence-electron chi connectivity index (χ3n) is 1.88. The first-order chi connectivity index (χ1) is 6.11. The highest BCUT2D eigenvalue weighted by atomic mass is 79.9. The van der Waals surface area contributed by atoms with Gasteiger partial charge in [-0.3, -0.25) is 0 Å². The standard InChI is InChI=1S/C8H5BrClFO2/c9-3-1-4(10)8-6(7(3)11)5(12)2-13-8/h1,5,12H,2H2. The molecular formula is C8H5BrClFO2. The highest BCUT2D eigenvalue weighted by Gasteiger charge is 2.29. The molecule has 1 unspecified atom stereocenters. The molecule has 0 spiro atoms. The number of halogens is 3. The normalized spacial score (nSPS) is 19.8. The number of aliphatic hydroxyl groups is 1. The van der Waals surface area contributed by atoms with Crippen LogP contribution in [0.3, 0.4) is 0 Å². The minimum absolute atomic E-state index is 0.0580. The van der Waals surface area contributed by atoms with Gasteiger partial charge in [-0.15, -0.1) is 0 Å². The Labute approximate surface area is 87.4 Å². The van der Waals surface area contributed by atoms with E-state index < -0.39 is 11.9 Å². The van der Waals surface area contributed by atoms with E-state index in [9.17, 15) is 9.50 Å². The Morgan fingerprint density at radius 1 is 1.69 bits per heavy atom. The molecule has 0 saturated carbocycles. The Balaban J connectivity index is 2.70. The van der Waals surface area contributed by atoms with Gasteiger partial charge in [0.1, 0.15) is 24.3 Å². The average Bonchev–Trinajstić information content (AvgIpc) is 2.44. The third-order valence-corrected chi connectivity index (χ3v) is 2.74. The SMILES string of the molecule is OC1COc2c(Cl)cc(Br)c(F)c21. The summed E-state index contributed by atoms with van der Waals surface area (Å²) in [5.41, 5.74) is 0.138. The molecule has 0 aliphatic carbocycles. The van der Waals surface area contributed by atoms with Gasteiger partial charge >= 0.3 is 0 Å². The Morgan fingerprint density at radius 2 is 2.38 bits per heavy atom. The molecule has 2 rings (SSSR count). The number of ether oxygens (including phenoxy) is 1. The smallest absolute Gasteiger partial charge is 0.147 e. The van der Waals surface area contributed by atoms with Crippen LogP contribution in [0, 0.1) is 5.82 Å². The van der Waals surface area contributed by atoms with Crippen molar-refractivity contribution in [3.05, 3.63) is 26.9 Å². The summed E-state index contributed by atoms with van der Waals surface area (Å²) < 4.78 is 18.7. The summed E-state index contributed by atoms with van der Waals surface area (Å²) in [6, 6.07) is 1.41. The number of hydrogen-bond acceptors (Lipinski definition) is 2. The van der Waals surface area contributed by atoms with Crippen LogP contribution in [0.1, 0.15) is 11.7 Å². The summed E-state index contributed by atoms with van der Waals surface area (Å²) in [6.45, 7) is 0.0580. The van der Waals surface area contributed by atoms with Crippen molar-refractivity contribution in [1.29, 1.82) is 0 Å². The number of rotatable bonds is 0. The van der Waals surface area contributed by atoms with Crippen LogP contribution in [-0.4, -0.2) is 11.7 Å². The van der Waals surface area contributed by atoms with E-state index in [1.807, 2.05) is 0 Å². The maximum Gasteiger partial charge on any atom is 0.147 e. The van der Waals surface area contributed by atoms with Gasteiger partial charge in [-0.1, -0.05) is 11.6 Å². The van der Waals surface area contributed by atoms with Crippen LogP contribution in [0.25, 0.3) is 0 Å². The summed E-state index contributed by atoms with van der Waals surface area (Å²) in [5, 5.41) is 9.67. The second kappa shape index (κ2) is 3.12. The van der Waals surface area contributed by atoms with Crippen molar-refractivity contribution in [1.82, 2.24) is 0 Å². The molecule has 0 radical (unpaired) electrons. The molecule has 13 heavy (non-hydrogen) atoms. The van der Waals surface area contributed by atoms with Crippen LogP contribution < -0.4 is 4.74 Å². The Kier molecular flexibility index (Phi) is 2.21. The molecule has 0 saturated heterocycles. The number of fused-ring (bicyclic) bond motifs is 1. The minimum Gasteiger partial charge on any atom is -0.488 e. The van der Waals surface area contributed by atoms with Crippen molar-refractivity contribution in [2.75, 3.05) is 6.61 Å². The van der Waals surface area contributed by atoms with Gasteiger partial charge in [-0.2, -0.15) is 0 Å². The number of benzene rings is 1. The van der Waals surface area contributed by atoms with Crippen LogP contribution in [0.5, 0.6) is 5.75 Å². The van der Waals surface area contributed by atoms with E-state index in [4.69, 9.17) is 16.3 Å². The lowest BCUT2D eigenvalue weighted by atomic mass is 10.1. The van der Waals surface area contributed by atoms with Crippen LogP contribution in [-0.2, 0) is 0 Å². The Hall–Kier alpha value is -0.320. The van der Waals surface area contributed by atoms with Crippen molar-refractivity contribution < 1.29 is 14.2 Å². The van der Waals surface area contributed by atoms with Crippen molar-refractivity contribution in [3.8, 4) is 5.75 Å². The molecule has 70 valence electrons. The van der Waals surface area contributed by atoms with Crippen molar-refractivity contribution in [2.45, 2.75) is 6.10 Å². The van der Waals surface area contributed by atoms with Gasteiger partial charge in [-0.05, 0) is 22.0 Å². The predicted octanol–water partition coefficient (Wildman–Crippen LogP) is 2.67. The first kappa shape index (κ1) is 9.24. The molecule has 5 heteroatoms. The zero-order valence-electron chi connectivity index (χ0n) is 6.35. The third kappa shape index (κ3) is 1.33. The van der Waals surface area contributed by atoms with Gasteiger partial charge in [0.05, 0.1) is 15.1 Å². The predicted molar refractivity (Wildman–Crippen MR) is 49.6 cm³/mol. The molecule has 1 aromatic rings. The molecule has 0 aromatic heterocycles. The summed E-state index contributed by atoms with van der Waals surface area (Å²) in [4.78, 5) is 0. The lowest BCUT2D eigenvalue weighted by Gasteiger charge is -2.05. The first-order valence-electron chi connectivity index (χ1n) is 3.59. The van der Waals surface area contributed by atoms with Crippen LogP contribution in [0.15, 0.2) is 10.5 Å². The van der Waals surface area contributed by atoms with E-state index in [2.05, 4.69) is 15.9 Å². The fourth-order valence-corrected chi connectivity index (χ4v) is 2.13. The summed E-state index contributed by atoms with van der Waals surface area (Å²) in [5.74, 6) is -0.265. The second-order valence-corrected chi connectivity index (χ2v) is 3.99.